The van der Waals surface area contributed by atoms with Crippen LogP contribution in [0.5, 0.6) is 5.75 Å². The number of allylic oxidation sites excluding steroid dienone is 1. The smallest absolute Gasteiger partial charge is 0.336 e. The van der Waals surface area contributed by atoms with Crippen LogP contribution in [0.2, 0.25) is 0 Å². The van der Waals surface area contributed by atoms with Crippen molar-refractivity contribution in [3.05, 3.63) is 50.9 Å². The van der Waals surface area contributed by atoms with Crippen molar-refractivity contribution in [2.24, 2.45) is 11.3 Å². The Balaban J connectivity index is 1.99. The van der Waals surface area contributed by atoms with Crippen molar-refractivity contribution in [1.82, 2.24) is 5.32 Å². The molecule has 2 aromatic rings. The highest BCUT2D eigenvalue weighted by Crippen LogP contribution is 2.42. The van der Waals surface area contributed by atoms with E-state index in [4.69, 9.17) is 9.15 Å². The molecule has 142 valence electrons. The monoisotopic (exact) mass is 395 g/mol. The van der Waals surface area contributed by atoms with Crippen molar-refractivity contribution in [2.45, 2.75) is 19.6 Å². The highest BCUT2D eigenvalue weighted by Gasteiger charge is 2.44. The van der Waals surface area contributed by atoms with E-state index in [1.165, 1.54) is 24.9 Å². The van der Waals surface area contributed by atoms with Crippen LogP contribution >= 0.6 is 11.8 Å². The lowest BCUT2D eigenvalue weighted by Gasteiger charge is -2.34. The quantitative estimate of drug-likeness (QED) is 0.791. The van der Waals surface area contributed by atoms with Crippen molar-refractivity contribution in [3.63, 3.8) is 0 Å². The molecule has 1 aromatic heterocycles. The van der Waals surface area contributed by atoms with Crippen molar-refractivity contribution in [1.29, 1.82) is 10.5 Å². The average Bonchev–Trinajstić information content (AvgIpc) is 2.64. The van der Waals surface area contributed by atoms with Gasteiger partial charge < -0.3 is 14.5 Å². The van der Waals surface area contributed by atoms with E-state index in [-0.39, 0.29) is 0 Å². The molecule has 0 saturated heterocycles. The number of fused-ring (bicyclic) bond motifs is 1. The minimum absolute atomic E-state index is 0.336. The van der Waals surface area contributed by atoms with Gasteiger partial charge in [0, 0.05) is 28.7 Å². The Morgan fingerprint density at radius 1 is 1.29 bits per heavy atom. The number of thioether (sulfide) groups is 1. The van der Waals surface area contributed by atoms with Crippen LogP contribution in [0, 0.1) is 34.0 Å². The summed E-state index contributed by atoms with van der Waals surface area (Å²) in [6.07, 6.45) is 0. The molecule has 1 N–H and O–H groups in total. The lowest BCUT2D eigenvalue weighted by molar-refractivity contribution is -0.125. The van der Waals surface area contributed by atoms with Crippen molar-refractivity contribution in [3.8, 4) is 17.9 Å². The first-order chi connectivity index (χ1) is 13.3. The normalized spacial score (nSPS) is 18.3. The average molecular weight is 395 g/mol. The van der Waals surface area contributed by atoms with Crippen LogP contribution < -0.4 is 15.7 Å². The Morgan fingerprint density at radius 3 is 2.68 bits per heavy atom. The van der Waals surface area contributed by atoms with Crippen molar-refractivity contribution in [2.75, 3.05) is 7.11 Å². The maximum absolute atomic E-state index is 12.3. The molecule has 3 rings (SSSR count). The van der Waals surface area contributed by atoms with Gasteiger partial charge in [-0.25, -0.2) is 4.79 Å². The standard InChI is InChI=1S/C20H17N3O4S/c1-20(2)14(8-21)18(25)23-19(15(20)9-22)28-10-11-6-17(24)27-16-7-12(26-3)4-5-13(11)16/h4-7,14H,10H2,1-3H3,(H,23,25)/t14-/m1/s1. The predicted octanol–water partition coefficient (Wildman–Crippen LogP) is 3.07. The molecule has 0 aliphatic carbocycles. The zero-order chi connectivity index (χ0) is 20.5. The summed E-state index contributed by atoms with van der Waals surface area (Å²) >= 11 is 1.24. The summed E-state index contributed by atoms with van der Waals surface area (Å²) in [5.41, 5.74) is 0.0490. The molecule has 2 heterocycles. The summed E-state index contributed by atoms with van der Waals surface area (Å²) in [6, 6.07) is 10.7. The Bertz CT molecular complexity index is 1130. The Hall–Kier alpha value is -3.23. The van der Waals surface area contributed by atoms with Gasteiger partial charge in [-0.05, 0) is 17.7 Å². The molecule has 0 bridgehead atoms. The molecule has 0 radical (unpaired) electrons. The van der Waals surface area contributed by atoms with Crippen LogP contribution in [0.25, 0.3) is 11.0 Å². The minimum atomic E-state index is -0.941. The van der Waals surface area contributed by atoms with E-state index < -0.39 is 22.9 Å². The first-order valence-electron chi connectivity index (χ1n) is 8.40. The van der Waals surface area contributed by atoms with Gasteiger partial charge in [-0.15, -0.1) is 11.8 Å². The molecule has 0 fully saturated rings. The van der Waals surface area contributed by atoms with Gasteiger partial charge in [0.2, 0.25) is 5.91 Å². The molecular formula is C20H17N3O4S. The second-order valence-corrected chi connectivity index (χ2v) is 7.82. The summed E-state index contributed by atoms with van der Waals surface area (Å²) in [4.78, 5) is 24.2. The van der Waals surface area contributed by atoms with Crippen molar-refractivity contribution < 1.29 is 13.9 Å². The van der Waals surface area contributed by atoms with Gasteiger partial charge in [0.05, 0.1) is 29.9 Å². The van der Waals surface area contributed by atoms with E-state index in [1.54, 1.807) is 32.0 Å². The van der Waals surface area contributed by atoms with Gasteiger partial charge in [0.1, 0.15) is 17.3 Å². The number of hydrogen-bond acceptors (Lipinski definition) is 7. The second kappa shape index (κ2) is 7.41. The first-order valence-corrected chi connectivity index (χ1v) is 9.39. The lowest BCUT2D eigenvalue weighted by atomic mass is 9.72. The number of ether oxygens (including phenoxy) is 1. The first kappa shape index (κ1) is 19.5. The van der Waals surface area contributed by atoms with Crippen LogP contribution in [-0.4, -0.2) is 13.0 Å². The third kappa shape index (κ3) is 3.35. The largest absolute Gasteiger partial charge is 0.497 e. The van der Waals surface area contributed by atoms with E-state index in [9.17, 15) is 20.1 Å². The molecule has 1 aliphatic heterocycles. The molecule has 1 amide bonds. The number of nitrogens with one attached hydrogen (secondary N) is 1. The van der Waals surface area contributed by atoms with Gasteiger partial charge >= 0.3 is 5.63 Å². The molecule has 0 saturated carbocycles. The number of benzene rings is 1. The second-order valence-electron chi connectivity index (χ2n) is 6.83. The molecule has 0 spiro atoms. The maximum atomic E-state index is 12.3. The molecule has 1 aliphatic rings. The third-order valence-corrected chi connectivity index (χ3v) is 5.79. The van der Waals surface area contributed by atoms with E-state index in [0.717, 1.165) is 5.39 Å². The highest BCUT2D eigenvalue weighted by atomic mass is 32.2. The number of methoxy groups -OCH3 is 1. The molecule has 1 aromatic carbocycles. The zero-order valence-electron chi connectivity index (χ0n) is 15.5. The Labute approximate surface area is 165 Å². The fourth-order valence-electron chi connectivity index (χ4n) is 3.14. The molecule has 28 heavy (non-hydrogen) atoms. The topological polar surface area (TPSA) is 116 Å². The highest BCUT2D eigenvalue weighted by molar-refractivity contribution is 8.02. The van der Waals surface area contributed by atoms with E-state index in [2.05, 4.69) is 11.4 Å². The van der Waals surface area contributed by atoms with Crippen LogP contribution in [-0.2, 0) is 10.5 Å². The van der Waals surface area contributed by atoms with Gasteiger partial charge in [-0.3, -0.25) is 4.79 Å². The number of carbonyl (C=O) groups is 1. The number of nitrogens with zero attached hydrogens (tertiary/aromatic N) is 2. The number of rotatable bonds is 4. The van der Waals surface area contributed by atoms with Gasteiger partial charge in [-0.2, -0.15) is 10.5 Å². The SMILES string of the molecule is COc1ccc2c(CSC3=C(C#N)C(C)(C)[C@H](C#N)C(=O)N3)cc(=O)oc2c1. The summed E-state index contributed by atoms with van der Waals surface area (Å²) < 4.78 is 10.4. The van der Waals surface area contributed by atoms with Gasteiger partial charge in [0.15, 0.2) is 0 Å². The fourth-order valence-corrected chi connectivity index (χ4v) is 4.31. The summed E-state index contributed by atoms with van der Waals surface area (Å²) in [7, 11) is 1.52. The Kier molecular flexibility index (Phi) is 5.17. The van der Waals surface area contributed by atoms with Crippen LogP contribution in [0.4, 0.5) is 0 Å². The van der Waals surface area contributed by atoms with E-state index in [1.807, 2.05) is 6.07 Å². The molecule has 0 unspecified atom stereocenters. The summed E-state index contributed by atoms with van der Waals surface area (Å²) in [5.74, 6) is -0.471. The van der Waals surface area contributed by atoms with Gasteiger partial charge in [0.25, 0.3) is 0 Å². The van der Waals surface area contributed by atoms with E-state index in [0.29, 0.717) is 33.3 Å². The number of hydrogen-bond donors (Lipinski definition) is 1. The minimum Gasteiger partial charge on any atom is -0.497 e. The molecule has 8 heteroatoms. The maximum Gasteiger partial charge on any atom is 0.336 e. The van der Waals surface area contributed by atoms with Crippen LogP contribution in [0.15, 0.2) is 44.1 Å². The zero-order valence-corrected chi connectivity index (χ0v) is 16.3. The number of nitriles is 2. The molecule has 1 atom stereocenters. The summed E-state index contributed by atoms with van der Waals surface area (Å²) in [5, 5.41) is 22.7. The van der Waals surface area contributed by atoms with Gasteiger partial charge in [-0.1, -0.05) is 13.8 Å². The van der Waals surface area contributed by atoms with Crippen LogP contribution in [0.3, 0.4) is 0 Å². The van der Waals surface area contributed by atoms with E-state index >= 15 is 0 Å². The number of amides is 1. The van der Waals surface area contributed by atoms with Crippen LogP contribution in [0.1, 0.15) is 19.4 Å². The van der Waals surface area contributed by atoms with Crippen molar-refractivity contribution >= 4 is 28.6 Å². The summed E-state index contributed by atoms with van der Waals surface area (Å²) in [6.45, 7) is 3.41. The fraction of sp³-hybridized carbons (Fsp3) is 0.300. The number of carbonyl (C=O) groups excluding carboxylic acids is 1. The molecule has 7 nitrogen and oxygen atoms in total. The third-order valence-electron chi connectivity index (χ3n) is 4.74. The lowest BCUT2D eigenvalue weighted by Crippen LogP contribution is -2.44. The Morgan fingerprint density at radius 2 is 2.04 bits per heavy atom. The molecular weight excluding hydrogens is 378 g/mol. The predicted molar refractivity (Wildman–Crippen MR) is 104 cm³/mol.